The number of unbranched alkanes of at least 4 members (excludes halogenated alkanes) is 17. The summed E-state index contributed by atoms with van der Waals surface area (Å²) < 4.78 is 31.8. The maximum Gasteiger partial charge on any atom is 0.472 e. The SMILES string of the molecule is CCC/C=C\C/C=C\CCCCCCCC(=O)OC(COC(=O)CCCCCCC/C=C\CCCCCCCC)COP(=O)(O)OC. The Hall–Kier alpha value is -1.73. The Kier molecular flexibility index (Phi) is 32.9. The summed E-state index contributed by atoms with van der Waals surface area (Å²) in [6.07, 6.45) is 37.6. The van der Waals surface area contributed by atoms with E-state index < -0.39 is 26.5 Å². The number of phosphoric acid groups is 1. The first-order valence-corrected chi connectivity index (χ1v) is 20.2. The van der Waals surface area contributed by atoms with Crippen LogP contribution < -0.4 is 0 Å². The van der Waals surface area contributed by atoms with Crippen LogP contribution in [-0.4, -0.2) is 43.3 Å². The van der Waals surface area contributed by atoms with Crippen LogP contribution in [0.15, 0.2) is 36.5 Å². The summed E-state index contributed by atoms with van der Waals surface area (Å²) in [4.78, 5) is 34.3. The van der Waals surface area contributed by atoms with E-state index in [1.807, 2.05) is 0 Å². The van der Waals surface area contributed by atoms with E-state index >= 15 is 0 Å². The van der Waals surface area contributed by atoms with E-state index in [0.717, 1.165) is 90.6 Å². The number of phosphoric ester groups is 1. The molecule has 2 unspecified atom stereocenters. The Labute approximate surface area is 287 Å². The zero-order valence-electron chi connectivity index (χ0n) is 30.2. The molecule has 0 aromatic heterocycles. The minimum atomic E-state index is -4.26. The standard InChI is InChI=1S/C38H69O8P/c1-4-6-8-10-12-14-16-18-19-21-22-24-26-28-30-32-37(39)44-34-36(35-45-47(41,42)43-3)46-38(40)33-31-29-27-25-23-20-17-15-13-11-9-7-5-2/h9,11,15,17-19,36H,4-8,10,12-14,16,20-35H2,1-3H3,(H,41,42)/b11-9-,17-15-,19-18-. The lowest BCUT2D eigenvalue weighted by atomic mass is 10.1. The van der Waals surface area contributed by atoms with Gasteiger partial charge in [0.15, 0.2) is 6.10 Å². The smallest absolute Gasteiger partial charge is 0.462 e. The van der Waals surface area contributed by atoms with Gasteiger partial charge in [0.05, 0.1) is 6.61 Å². The topological polar surface area (TPSA) is 108 Å². The third kappa shape index (κ3) is 33.9. The van der Waals surface area contributed by atoms with Crippen LogP contribution in [-0.2, 0) is 32.7 Å². The molecule has 9 heteroatoms. The Morgan fingerprint density at radius 2 is 1.06 bits per heavy atom. The normalized spacial score (nSPS) is 13.9. The fourth-order valence-corrected chi connectivity index (χ4v) is 5.38. The molecule has 0 spiro atoms. The Balaban J connectivity index is 4.10. The molecule has 0 aliphatic rings. The number of esters is 2. The molecule has 274 valence electrons. The number of ether oxygens (including phenoxy) is 2. The van der Waals surface area contributed by atoms with Crippen LogP contribution in [0.25, 0.3) is 0 Å². The molecule has 8 nitrogen and oxygen atoms in total. The van der Waals surface area contributed by atoms with Gasteiger partial charge in [-0.1, -0.05) is 127 Å². The molecule has 0 aliphatic carbocycles. The lowest BCUT2D eigenvalue weighted by Crippen LogP contribution is -2.29. The van der Waals surface area contributed by atoms with E-state index in [9.17, 15) is 19.0 Å². The number of hydrogen-bond acceptors (Lipinski definition) is 7. The van der Waals surface area contributed by atoms with E-state index in [-0.39, 0.29) is 25.4 Å². The molecular formula is C38H69O8P. The summed E-state index contributed by atoms with van der Waals surface area (Å²) in [5.41, 5.74) is 0. The van der Waals surface area contributed by atoms with Crippen molar-refractivity contribution in [2.75, 3.05) is 20.3 Å². The van der Waals surface area contributed by atoms with Gasteiger partial charge in [0.25, 0.3) is 0 Å². The van der Waals surface area contributed by atoms with Crippen molar-refractivity contribution in [1.82, 2.24) is 0 Å². The highest BCUT2D eigenvalue weighted by molar-refractivity contribution is 7.47. The summed E-state index contributed by atoms with van der Waals surface area (Å²) in [6.45, 7) is 3.78. The summed E-state index contributed by atoms with van der Waals surface area (Å²) in [5, 5.41) is 0. The van der Waals surface area contributed by atoms with Gasteiger partial charge in [-0.2, -0.15) is 0 Å². The van der Waals surface area contributed by atoms with Crippen LogP contribution in [0.5, 0.6) is 0 Å². The van der Waals surface area contributed by atoms with Crippen molar-refractivity contribution in [3.05, 3.63) is 36.5 Å². The summed E-state index contributed by atoms with van der Waals surface area (Å²) >= 11 is 0. The molecule has 0 bridgehead atoms. The third-order valence-electron chi connectivity index (χ3n) is 7.84. The first-order chi connectivity index (χ1) is 22.8. The van der Waals surface area contributed by atoms with E-state index in [1.165, 1.54) is 51.4 Å². The molecule has 0 fully saturated rings. The molecular weight excluding hydrogens is 615 g/mol. The summed E-state index contributed by atoms with van der Waals surface area (Å²) in [6, 6.07) is 0. The van der Waals surface area contributed by atoms with Crippen molar-refractivity contribution in [3.63, 3.8) is 0 Å². The van der Waals surface area contributed by atoms with Crippen molar-refractivity contribution in [2.45, 2.75) is 174 Å². The number of carbonyl (C=O) groups is 2. The molecule has 0 saturated heterocycles. The third-order valence-corrected chi connectivity index (χ3v) is 8.77. The van der Waals surface area contributed by atoms with Crippen LogP contribution in [0, 0.1) is 0 Å². The molecule has 0 saturated carbocycles. The number of rotatable bonds is 34. The van der Waals surface area contributed by atoms with Crippen molar-refractivity contribution in [3.8, 4) is 0 Å². The number of carbonyl (C=O) groups excluding carboxylic acids is 2. The molecule has 0 heterocycles. The van der Waals surface area contributed by atoms with Gasteiger partial charge in [0, 0.05) is 20.0 Å². The van der Waals surface area contributed by atoms with Gasteiger partial charge in [-0.15, -0.1) is 0 Å². The van der Waals surface area contributed by atoms with E-state index in [4.69, 9.17) is 14.0 Å². The van der Waals surface area contributed by atoms with E-state index in [1.54, 1.807) is 0 Å². The fourth-order valence-electron chi connectivity index (χ4n) is 4.92. The quantitative estimate of drug-likeness (QED) is 0.0309. The molecule has 0 radical (unpaired) electrons. The zero-order valence-corrected chi connectivity index (χ0v) is 31.1. The average Bonchev–Trinajstić information content (AvgIpc) is 3.06. The average molecular weight is 685 g/mol. The van der Waals surface area contributed by atoms with Crippen molar-refractivity contribution >= 4 is 19.8 Å². The van der Waals surface area contributed by atoms with Crippen LogP contribution >= 0.6 is 7.82 Å². The monoisotopic (exact) mass is 684 g/mol. The molecule has 1 N–H and O–H groups in total. The largest absolute Gasteiger partial charge is 0.472 e. The fraction of sp³-hybridized carbons (Fsp3) is 0.789. The molecule has 0 aliphatic heterocycles. The van der Waals surface area contributed by atoms with Gasteiger partial charge in [-0.05, 0) is 64.2 Å². The molecule has 47 heavy (non-hydrogen) atoms. The highest BCUT2D eigenvalue weighted by atomic mass is 31.2. The number of allylic oxidation sites excluding steroid dienone is 6. The maximum atomic E-state index is 12.4. The second-order valence-electron chi connectivity index (χ2n) is 12.3. The van der Waals surface area contributed by atoms with Gasteiger partial charge in [-0.25, -0.2) is 4.57 Å². The van der Waals surface area contributed by atoms with Gasteiger partial charge < -0.3 is 14.4 Å². The summed E-state index contributed by atoms with van der Waals surface area (Å²) in [7, 11) is -3.21. The van der Waals surface area contributed by atoms with Gasteiger partial charge >= 0.3 is 19.8 Å². The van der Waals surface area contributed by atoms with E-state index in [2.05, 4.69) is 54.8 Å². The predicted molar refractivity (Wildman–Crippen MR) is 193 cm³/mol. The van der Waals surface area contributed by atoms with Gasteiger partial charge in [0.2, 0.25) is 0 Å². The lowest BCUT2D eigenvalue weighted by molar-refractivity contribution is -0.161. The Bertz CT molecular complexity index is 870. The molecule has 2 atom stereocenters. The molecule has 0 rings (SSSR count). The Morgan fingerprint density at radius 3 is 1.60 bits per heavy atom. The molecule has 0 aromatic carbocycles. The molecule has 0 amide bonds. The predicted octanol–water partition coefficient (Wildman–Crippen LogP) is 11.3. The first kappa shape index (κ1) is 45.3. The van der Waals surface area contributed by atoms with Gasteiger partial charge in [0.1, 0.15) is 6.61 Å². The second kappa shape index (κ2) is 34.1. The highest BCUT2D eigenvalue weighted by Crippen LogP contribution is 2.42. The zero-order chi connectivity index (χ0) is 34.7. The van der Waals surface area contributed by atoms with E-state index in [0.29, 0.717) is 6.42 Å². The molecule has 0 aromatic rings. The van der Waals surface area contributed by atoms with Crippen molar-refractivity contribution in [1.29, 1.82) is 0 Å². The van der Waals surface area contributed by atoms with Crippen LogP contribution in [0.2, 0.25) is 0 Å². The highest BCUT2D eigenvalue weighted by Gasteiger charge is 2.24. The van der Waals surface area contributed by atoms with Crippen molar-refractivity contribution < 1.29 is 37.6 Å². The summed E-state index contributed by atoms with van der Waals surface area (Å²) in [5.74, 6) is -0.832. The van der Waals surface area contributed by atoms with Gasteiger partial charge in [-0.3, -0.25) is 18.6 Å². The second-order valence-corrected chi connectivity index (χ2v) is 13.9. The van der Waals surface area contributed by atoms with Crippen LogP contribution in [0.3, 0.4) is 0 Å². The minimum Gasteiger partial charge on any atom is -0.462 e. The van der Waals surface area contributed by atoms with Crippen LogP contribution in [0.4, 0.5) is 0 Å². The van der Waals surface area contributed by atoms with Crippen LogP contribution in [0.1, 0.15) is 168 Å². The number of hydrogen-bond donors (Lipinski definition) is 1. The Morgan fingerprint density at radius 1 is 0.596 bits per heavy atom. The lowest BCUT2D eigenvalue weighted by Gasteiger charge is -2.19. The maximum absolute atomic E-state index is 12.4. The first-order valence-electron chi connectivity index (χ1n) is 18.7. The van der Waals surface area contributed by atoms with Crippen molar-refractivity contribution in [2.24, 2.45) is 0 Å². The minimum absolute atomic E-state index is 0.227.